The maximum atomic E-state index is 12.5. The molecule has 0 saturated carbocycles. The van der Waals surface area contributed by atoms with Crippen molar-refractivity contribution in [1.29, 1.82) is 0 Å². The van der Waals surface area contributed by atoms with Gasteiger partial charge in [-0.3, -0.25) is 4.79 Å². The van der Waals surface area contributed by atoms with Crippen molar-refractivity contribution >= 4 is 31.5 Å². The SMILES string of the molecule is CCN(CC)S(=O)(=O)c1ccc(C(=O)Nc2ccc3c(c2)S(=O)(=O)CC3)cc1. The number of sulfonamides is 1. The van der Waals surface area contributed by atoms with Crippen LogP contribution >= 0.6 is 0 Å². The van der Waals surface area contributed by atoms with Gasteiger partial charge in [0.05, 0.1) is 15.5 Å². The summed E-state index contributed by atoms with van der Waals surface area (Å²) >= 11 is 0. The smallest absolute Gasteiger partial charge is 0.255 e. The molecule has 0 fully saturated rings. The number of hydrogen-bond acceptors (Lipinski definition) is 5. The van der Waals surface area contributed by atoms with Gasteiger partial charge in [-0.15, -0.1) is 0 Å². The number of carbonyl (C=O) groups is 1. The van der Waals surface area contributed by atoms with E-state index >= 15 is 0 Å². The first-order valence-electron chi connectivity index (χ1n) is 8.96. The maximum absolute atomic E-state index is 12.5. The summed E-state index contributed by atoms with van der Waals surface area (Å²) in [4.78, 5) is 12.8. The number of nitrogens with zero attached hydrogens (tertiary/aromatic N) is 1. The minimum atomic E-state index is -3.59. The quantitative estimate of drug-likeness (QED) is 0.770. The molecule has 2 aromatic rings. The van der Waals surface area contributed by atoms with Gasteiger partial charge in [0.1, 0.15) is 0 Å². The van der Waals surface area contributed by atoms with Crippen LogP contribution in [-0.2, 0) is 26.3 Å². The van der Waals surface area contributed by atoms with Gasteiger partial charge in [-0.05, 0) is 48.4 Å². The first kappa shape index (κ1) is 20.5. The molecule has 0 unspecified atom stereocenters. The second-order valence-corrected chi connectivity index (χ2v) is 10.5. The summed E-state index contributed by atoms with van der Waals surface area (Å²) in [5, 5.41) is 2.67. The molecule has 2 aromatic carbocycles. The second-order valence-electron chi connectivity index (χ2n) is 6.46. The molecule has 9 heteroatoms. The molecule has 0 aromatic heterocycles. The minimum absolute atomic E-state index is 0.0855. The molecule has 28 heavy (non-hydrogen) atoms. The first-order valence-corrected chi connectivity index (χ1v) is 12.1. The Labute approximate surface area is 165 Å². The first-order chi connectivity index (χ1) is 13.2. The summed E-state index contributed by atoms with van der Waals surface area (Å²) in [7, 11) is -6.87. The highest BCUT2D eigenvalue weighted by atomic mass is 32.2. The van der Waals surface area contributed by atoms with Gasteiger partial charge < -0.3 is 5.32 Å². The normalized spacial score (nSPS) is 15.4. The van der Waals surface area contributed by atoms with Gasteiger partial charge in [-0.2, -0.15) is 4.31 Å². The van der Waals surface area contributed by atoms with Crippen molar-refractivity contribution in [2.45, 2.75) is 30.1 Å². The predicted molar refractivity (Wildman–Crippen MR) is 107 cm³/mol. The molecule has 1 heterocycles. The fourth-order valence-corrected chi connectivity index (χ4v) is 6.22. The van der Waals surface area contributed by atoms with E-state index in [1.807, 2.05) is 0 Å². The van der Waals surface area contributed by atoms with E-state index in [-0.39, 0.29) is 21.1 Å². The molecule has 150 valence electrons. The van der Waals surface area contributed by atoms with E-state index in [1.54, 1.807) is 26.0 Å². The molecule has 0 atom stereocenters. The molecular weight excluding hydrogens is 400 g/mol. The highest BCUT2D eigenvalue weighted by Crippen LogP contribution is 2.28. The average Bonchev–Trinajstić information content (AvgIpc) is 2.97. The van der Waals surface area contributed by atoms with Crippen molar-refractivity contribution in [2.24, 2.45) is 0 Å². The number of rotatable bonds is 6. The molecule has 1 aliphatic heterocycles. The molecule has 0 radical (unpaired) electrons. The number of aryl methyl sites for hydroxylation is 1. The lowest BCUT2D eigenvalue weighted by Gasteiger charge is -2.18. The van der Waals surface area contributed by atoms with E-state index in [0.29, 0.717) is 25.2 Å². The molecule has 7 nitrogen and oxygen atoms in total. The second kappa shape index (κ2) is 7.65. The lowest BCUT2D eigenvalue weighted by molar-refractivity contribution is 0.102. The Morgan fingerprint density at radius 3 is 2.32 bits per heavy atom. The molecule has 0 aliphatic carbocycles. The number of hydrogen-bond donors (Lipinski definition) is 1. The van der Waals surface area contributed by atoms with Gasteiger partial charge in [0.15, 0.2) is 9.84 Å². The van der Waals surface area contributed by atoms with E-state index in [1.165, 1.54) is 34.6 Å². The van der Waals surface area contributed by atoms with E-state index in [0.717, 1.165) is 5.56 Å². The monoisotopic (exact) mass is 422 g/mol. The fraction of sp³-hybridized carbons (Fsp3) is 0.316. The Balaban J connectivity index is 1.80. The van der Waals surface area contributed by atoms with Crippen LogP contribution < -0.4 is 5.32 Å². The Hall–Kier alpha value is -2.23. The number of fused-ring (bicyclic) bond motifs is 1. The largest absolute Gasteiger partial charge is 0.322 e. The third kappa shape index (κ3) is 3.82. The zero-order chi connectivity index (χ0) is 20.5. The summed E-state index contributed by atoms with van der Waals surface area (Å²) in [6.07, 6.45) is 0.481. The van der Waals surface area contributed by atoms with Crippen molar-refractivity contribution in [3.8, 4) is 0 Å². The molecule has 0 saturated heterocycles. The third-order valence-corrected chi connectivity index (χ3v) is 8.62. The van der Waals surface area contributed by atoms with Crippen molar-refractivity contribution < 1.29 is 21.6 Å². The van der Waals surface area contributed by atoms with Crippen LogP contribution in [0.1, 0.15) is 29.8 Å². The third-order valence-electron chi connectivity index (χ3n) is 4.76. The summed E-state index contributed by atoms with van der Waals surface area (Å²) in [6, 6.07) is 10.5. The standard InChI is InChI=1S/C19H22N2O5S2/c1-3-21(4-2)28(25,26)17-9-6-15(7-10-17)19(22)20-16-8-5-14-11-12-27(23,24)18(14)13-16/h5-10,13H,3-4,11-12H2,1-2H3,(H,20,22). The van der Waals surface area contributed by atoms with Crippen molar-refractivity contribution in [3.05, 3.63) is 53.6 Å². The van der Waals surface area contributed by atoms with Crippen LogP contribution in [0.15, 0.2) is 52.3 Å². The summed E-state index contributed by atoms with van der Waals surface area (Å²) in [6.45, 7) is 4.25. The zero-order valence-electron chi connectivity index (χ0n) is 15.7. The van der Waals surface area contributed by atoms with Crippen molar-refractivity contribution in [3.63, 3.8) is 0 Å². The topological polar surface area (TPSA) is 101 Å². The predicted octanol–water partition coefficient (Wildman–Crippen LogP) is 2.30. The number of sulfone groups is 1. The molecule has 1 amide bonds. The number of amides is 1. The molecular formula is C19H22N2O5S2. The number of benzene rings is 2. The summed E-state index contributed by atoms with van der Waals surface area (Å²) in [5.74, 6) is -0.357. The van der Waals surface area contributed by atoms with Gasteiger partial charge in [0.2, 0.25) is 10.0 Å². The van der Waals surface area contributed by atoms with E-state index in [4.69, 9.17) is 0 Å². The van der Waals surface area contributed by atoms with E-state index < -0.39 is 25.8 Å². The Morgan fingerprint density at radius 2 is 1.71 bits per heavy atom. The highest BCUT2D eigenvalue weighted by molar-refractivity contribution is 7.91. The van der Waals surface area contributed by atoms with Crippen LogP contribution in [0.5, 0.6) is 0 Å². The fourth-order valence-electron chi connectivity index (χ4n) is 3.18. The van der Waals surface area contributed by atoms with Crippen LogP contribution in [0.4, 0.5) is 5.69 Å². The minimum Gasteiger partial charge on any atom is -0.322 e. The average molecular weight is 423 g/mol. The number of anilines is 1. The zero-order valence-corrected chi connectivity index (χ0v) is 17.3. The number of carbonyl (C=O) groups excluding carboxylic acids is 1. The lowest BCUT2D eigenvalue weighted by Crippen LogP contribution is -2.30. The van der Waals surface area contributed by atoms with Crippen LogP contribution in [-0.4, -0.2) is 45.9 Å². The van der Waals surface area contributed by atoms with Crippen LogP contribution in [0.2, 0.25) is 0 Å². The highest BCUT2D eigenvalue weighted by Gasteiger charge is 2.26. The van der Waals surface area contributed by atoms with Crippen molar-refractivity contribution in [2.75, 3.05) is 24.2 Å². The van der Waals surface area contributed by atoms with Crippen LogP contribution in [0, 0.1) is 0 Å². The summed E-state index contributed by atoms with van der Waals surface area (Å²) in [5.41, 5.74) is 1.42. The molecule has 0 bridgehead atoms. The van der Waals surface area contributed by atoms with Crippen LogP contribution in [0.25, 0.3) is 0 Å². The van der Waals surface area contributed by atoms with E-state index in [9.17, 15) is 21.6 Å². The van der Waals surface area contributed by atoms with Gasteiger partial charge in [0.25, 0.3) is 5.91 Å². The molecule has 1 N–H and O–H groups in total. The van der Waals surface area contributed by atoms with Gasteiger partial charge in [-0.25, -0.2) is 16.8 Å². The molecule has 3 rings (SSSR count). The lowest BCUT2D eigenvalue weighted by atomic mass is 10.1. The van der Waals surface area contributed by atoms with E-state index in [2.05, 4.69) is 5.32 Å². The van der Waals surface area contributed by atoms with Gasteiger partial charge in [0, 0.05) is 24.3 Å². The van der Waals surface area contributed by atoms with Crippen molar-refractivity contribution in [1.82, 2.24) is 4.31 Å². The summed E-state index contributed by atoms with van der Waals surface area (Å²) < 4.78 is 50.4. The van der Waals surface area contributed by atoms with Crippen LogP contribution in [0.3, 0.4) is 0 Å². The van der Waals surface area contributed by atoms with Gasteiger partial charge in [-0.1, -0.05) is 19.9 Å². The Morgan fingerprint density at radius 1 is 1.07 bits per heavy atom. The Kier molecular flexibility index (Phi) is 5.60. The molecule has 0 spiro atoms. The Bertz CT molecular complexity index is 1100. The van der Waals surface area contributed by atoms with Gasteiger partial charge >= 0.3 is 0 Å². The molecule has 1 aliphatic rings. The maximum Gasteiger partial charge on any atom is 0.255 e. The number of nitrogens with one attached hydrogen (secondary N) is 1.